The summed E-state index contributed by atoms with van der Waals surface area (Å²) in [5, 5.41) is 14.1. The zero-order chi connectivity index (χ0) is 20.4. The Hall–Kier alpha value is -3.62. The van der Waals surface area contributed by atoms with E-state index in [2.05, 4.69) is 5.32 Å². The Morgan fingerprint density at radius 1 is 1.25 bits per heavy atom. The Morgan fingerprint density at radius 2 is 1.96 bits per heavy atom. The molecule has 1 N–H and O–H groups in total. The maximum Gasteiger partial charge on any atom is 0.293 e. The lowest BCUT2D eigenvalue weighted by Gasteiger charge is -2.35. The summed E-state index contributed by atoms with van der Waals surface area (Å²) in [5.41, 5.74) is 0.773. The molecule has 9 heteroatoms. The molecule has 2 aromatic carbocycles. The van der Waals surface area contributed by atoms with Crippen molar-refractivity contribution in [2.75, 3.05) is 37.9 Å². The maximum atomic E-state index is 13.2. The molecular weight excluding hydrogens is 364 g/mol. The minimum absolute atomic E-state index is 0.00837. The maximum absolute atomic E-state index is 13.2. The number of nitro groups is 1. The van der Waals surface area contributed by atoms with Gasteiger partial charge < -0.3 is 19.9 Å². The third-order valence-electron chi connectivity index (χ3n) is 4.45. The highest BCUT2D eigenvalue weighted by atomic mass is 16.6. The summed E-state index contributed by atoms with van der Waals surface area (Å²) in [7, 11) is 4.79. The number of nitrogens with one attached hydrogen (secondary N) is 1. The van der Waals surface area contributed by atoms with E-state index in [0.717, 1.165) is 0 Å². The van der Waals surface area contributed by atoms with E-state index in [9.17, 15) is 19.7 Å². The third-order valence-corrected chi connectivity index (χ3v) is 4.45. The van der Waals surface area contributed by atoms with Crippen molar-refractivity contribution in [3.8, 4) is 5.75 Å². The fourth-order valence-electron chi connectivity index (χ4n) is 3.03. The molecule has 2 aromatic rings. The number of fused-ring (bicyclic) bond motifs is 1. The van der Waals surface area contributed by atoms with E-state index >= 15 is 0 Å². The van der Waals surface area contributed by atoms with Gasteiger partial charge in [-0.1, -0.05) is 12.1 Å². The Morgan fingerprint density at radius 3 is 2.61 bits per heavy atom. The van der Waals surface area contributed by atoms with E-state index in [1.54, 1.807) is 45.4 Å². The normalized spacial score (nSPS) is 15.2. The molecule has 0 unspecified atom stereocenters. The molecule has 28 heavy (non-hydrogen) atoms. The van der Waals surface area contributed by atoms with Crippen LogP contribution in [0.5, 0.6) is 5.75 Å². The molecule has 9 nitrogen and oxygen atoms in total. The van der Waals surface area contributed by atoms with Gasteiger partial charge in [-0.15, -0.1) is 0 Å². The van der Waals surface area contributed by atoms with Crippen LogP contribution in [-0.2, 0) is 4.79 Å². The zero-order valence-electron chi connectivity index (χ0n) is 15.7. The molecule has 1 aliphatic heterocycles. The molecule has 0 saturated carbocycles. The number of carbonyl (C=O) groups excluding carboxylic acids is 2. The van der Waals surface area contributed by atoms with Gasteiger partial charge in [0.05, 0.1) is 17.2 Å². The molecule has 0 aromatic heterocycles. The number of ether oxygens (including phenoxy) is 1. The fraction of sp³-hybridized carbons (Fsp3) is 0.263. The average molecular weight is 384 g/mol. The quantitative estimate of drug-likeness (QED) is 0.640. The Kier molecular flexibility index (Phi) is 5.16. The zero-order valence-corrected chi connectivity index (χ0v) is 15.7. The summed E-state index contributed by atoms with van der Waals surface area (Å²) in [5.74, 6) is -0.314. The Labute approximate surface area is 161 Å². The smallest absolute Gasteiger partial charge is 0.293 e. The molecule has 2 amide bonds. The Balaban J connectivity index is 2.01. The Bertz CT molecular complexity index is 944. The van der Waals surface area contributed by atoms with Crippen molar-refractivity contribution in [3.05, 3.63) is 58.1 Å². The molecule has 0 radical (unpaired) electrons. The van der Waals surface area contributed by atoms with Crippen LogP contribution in [-0.4, -0.2) is 55.4 Å². The van der Waals surface area contributed by atoms with Gasteiger partial charge in [-0.05, 0) is 24.3 Å². The molecule has 0 spiro atoms. The molecular formula is C19H20N4O5. The van der Waals surface area contributed by atoms with E-state index in [-0.39, 0.29) is 23.7 Å². The lowest BCUT2D eigenvalue weighted by molar-refractivity contribution is -0.384. The standard InChI is InChI=1S/C19H20N4O5/c1-20-13-9-8-12(10-15(13)23(26)27)18(24)22-11-17(19(25)21(2)3)28-16-7-5-4-6-14(16)22/h4-10,17,20H,11H2,1-3H3/t17-/m1/s1. The van der Waals surface area contributed by atoms with Gasteiger partial charge in [-0.25, -0.2) is 0 Å². The monoisotopic (exact) mass is 384 g/mol. The van der Waals surface area contributed by atoms with Gasteiger partial charge in [0.2, 0.25) is 0 Å². The van der Waals surface area contributed by atoms with Crippen LogP contribution in [0, 0.1) is 10.1 Å². The summed E-state index contributed by atoms with van der Waals surface area (Å²) in [6.45, 7) is 0.00837. The van der Waals surface area contributed by atoms with Crippen LogP contribution in [0.15, 0.2) is 42.5 Å². The topological polar surface area (TPSA) is 105 Å². The number of hydrogen-bond acceptors (Lipinski definition) is 6. The lowest BCUT2D eigenvalue weighted by atomic mass is 10.1. The van der Waals surface area contributed by atoms with Crippen molar-refractivity contribution < 1.29 is 19.2 Å². The number of carbonyl (C=O) groups is 2. The number of rotatable bonds is 4. The predicted molar refractivity (Wildman–Crippen MR) is 104 cm³/mol. The van der Waals surface area contributed by atoms with Crippen LogP contribution >= 0.6 is 0 Å². The molecule has 3 rings (SSSR count). The SMILES string of the molecule is CNc1ccc(C(=O)N2C[C@H](C(=O)N(C)C)Oc3ccccc32)cc1[N+](=O)[O-]. The number of benzene rings is 2. The van der Waals surface area contributed by atoms with E-state index in [1.165, 1.54) is 28.0 Å². The molecule has 0 bridgehead atoms. The van der Waals surface area contributed by atoms with Crippen LogP contribution in [0.1, 0.15) is 10.4 Å². The van der Waals surface area contributed by atoms with Gasteiger partial charge in [-0.3, -0.25) is 19.7 Å². The van der Waals surface area contributed by atoms with Gasteiger partial charge in [0, 0.05) is 32.8 Å². The third kappa shape index (κ3) is 3.46. The van der Waals surface area contributed by atoms with E-state index < -0.39 is 16.9 Å². The van der Waals surface area contributed by atoms with Gasteiger partial charge >= 0.3 is 0 Å². The predicted octanol–water partition coefficient (Wildman–Crippen LogP) is 2.13. The lowest BCUT2D eigenvalue weighted by Crippen LogP contribution is -2.50. The summed E-state index contributed by atoms with van der Waals surface area (Å²) >= 11 is 0. The number of anilines is 2. The van der Waals surface area contributed by atoms with Crippen molar-refractivity contribution in [3.63, 3.8) is 0 Å². The average Bonchev–Trinajstić information content (AvgIpc) is 2.71. The van der Waals surface area contributed by atoms with Crippen molar-refractivity contribution in [1.82, 2.24) is 4.90 Å². The number of nitro benzene ring substituents is 1. The highest BCUT2D eigenvalue weighted by Crippen LogP contribution is 2.35. The van der Waals surface area contributed by atoms with Crippen molar-refractivity contribution in [2.45, 2.75) is 6.10 Å². The van der Waals surface area contributed by atoms with Gasteiger partial charge in [0.1, 0.15) is 11.4 Å². The molecule has 1 atom stereocenters. The van der Waals surface area contributed by atoms with Gasteiger partial charge in [-0.2, -0.15) is 0 Å². The van der Waals surface area contributed by atoms with E-state index in [4.69, 9.17) is 4.74 Å². The van der Waals surface area contributed by atoms with Crippen LogP contribution in [0.3, 0.4) is 0 Å². The van der Waals surface area contributed by atoms with E-state index in [0.29, 0.717) is 17.1 Å². The first-order valence-electron chi connectivity index (χ1n) is 8.58. The van der Waals surface area contributed by atoms with Gasteiger partial charge in [0.15, 0.2) is 6.10 Å². The van der Waals surface area contributed by atoms with Crippen LogP contribution in [0.4, 0.5) is 17.1 Å². The minimum Gasteiger partial charge on any atom is -0.476 e. The summed E-state index contributed by atoms with van der Waals surface area (Å²) in [6.07, 6.45) is -0.861. The molecule has 146 valence electrons. The first-order chi connectivity index (χ1) is 13.3. The van der Waals surface area contributed by atoms with Crippen LogP contribution in [0.2, 0.25) is 0 Å². The van der Waals surface area contributed by atoms with Crippen molar-refractivity contribution in [1.29, 1.82) is 0 Å². The first-order valence-corrected chi connectivity index (χ1v) is 8.58. The van der Waals surface area contributed by atoms with Gasteiger partial charge in [0.25, 0.3) is 17.5 Å². The molecule has 1 heterocycles. The molecule has 0 fully saturated rings. The molecule has 1 aliphatic rings. The van der Waals surface area contributed by atoms with Crippen LogP contribution < -0.4 is 15.0 Å². The first kappa shape index (κ1) is 19.2. The fourth-order valence-corrected chi connectivity index (χ4v) is 3.03. The second-order valence-electron chi connectivity index (χ2n) is 6.46. The second-order valence-corrected chi connectivity index (χ2v) is 6.46. The van der Waals surface area contributed by atoms with Crippen LogP contribution in [0.25, 0.3) is 0 Å². The molecule has 0 saturated heterocycles. The highest BCUT2D eigenvalue weighted by molar-refractivity contribution is 6.08. The number of likely N-dealkylation sites (N-methyl/N-ethyl adjacent to an activating group) is 1. The minimum atomic E-state index is -0.861. The largest absolute Gasteiger partial charge is 0.476 e. The van der Waals surface area contributed by atoms with E-state index in [1.807, 2.05) is 0 Å². The number of hydrogen-bond donors (Lipinski definition) is 1. The number of amides is 2. The number of nitrogens with zero attached hydrogens (tertiary/aromatic N) is 3. The number of para-hydroxylation sites is 2. The highest BCUT2D eigenvalue weighted by Gasteiger charge is 2.35. The second kappa shape index (κ2) is 7.55. The molecule has 0 aliphatic carbocycles. The summed E-state index contributed by atoms with van der Waals surface area (Å²) in [6, 6.07) is 11.1. The van der Waals surface area contributed by atoms with Crippen molar-refractivity contribution in [2.24, 2.45) is 0 Å². The summed E-state index contributed by atoms with van der Waals surface area (Å²) < 4.78 is 5.77. The van der Waals surface area contributed by atoms with Crippen molar-refractivity contribution >= 4 is 28.9 Å². The summed E-state index contributed by atoms with van der Waals surface area (Å²) in [4.78, 5) is 39.2.